The first kappa shape index (κ1) is 16.0. The maximum Gasteiger partial charge on any atom is 0.0446 e. The minimum Gasteiger partial charge on any atom is -0.396 e. The highest BCUT2D eigenvalue weighted by Crippen LogP contribution is 2.24. The van der Waals surface area contributed by atoms with Crippen LogP contribution in [0.2, 0.25) is 5.02 Å². The monoisotopic (exact) mass is 333 g/mol. The van der Waals surface area contributed by atoms with Crippen LogP contribution in [0.25, 0.3) is 0 Å². The number of hydrogen-bond acceptors (Lipinski definition) is 2. The van der Waals surface area contributed by atoms with E-state index < -0.39 is 0 Å². The average molecular weight is 335 g/mol. The van der Waals surface area contributed by atoms with E-state index >= 15 is 0 Å². The van der Waals surface area contributed by atoms with E-state index in [1.165, 1.54) is 5.56 Å². The third-order valence-corrected chi connectivity index (χ3v) is 3.99. The van der Waals surface area contributed by atoms with Crippen LogP contribution in [0.4, 0.5) is 0 Å². The van der Waals surface area contributed by atoms with Crippen LogP contribution in [-0.2, 0) is 6.54 Å². The fourth-order valence-electron chi connectivity index (χ4n) is 1.87. The quantitative estimate of drug-likeness (QED) is 0.853. The Morgan fingerprint density at radius 2 is 2.06 bits per heavy atom. The van der Waals surface area contributed by atoms with Gasteiger partial charge >= 0.3 is 0 Å². The molecule has 0 aliphatic rings. The molecule has 2 N–H and O–H groups in total. The molecular weight excluding hydrogens is 314 g/mol. The Bertz CT molecular complexity index is 390. The number of hydrogen-bond donors (Lipinski definition) is 2. The van der Waals surface area contributed by atoms with Crippen molar-refractivity contribution in [3.63, 3.8) is 0 Å². The van der Waals surface area contributed by atoms with Crippen LogP contribution in [0.15, 0.2) is 22.7 Å². The Balaban J connectivity index is 2.67. The molecule has 0 heterocycles. The SMILES string of the molecule is CC(C)(C)C(CCO)NCc1ccc(Cl)cc1Br. The second kappa shape index (κ2) is 6.90. The molecule has 2 nitrogen and oxygen atoms in total. The highest BCUT2D eigenvalue weighted by Gasteiger charge is 2.23. The smallest absolute Gasteiger partial charge is 0.0446 e. The van der Waals surface area contributed by atoms with Gasteiger partial charge in [0.25, 0.3) is 0 Å². The summed E-state index contributed by atoms with van der Waals surface area (Å²) in [5.41, 5.74) is 1.30. The van der Waals surface area contributed by atoms with E-state index in [1.807, 2.05) is 18.2 Å². The fraction of sp³-hybridized carbons (Fsp3) is 0.571. The van der Waals surface area contributed by atoms with Crippen LogP contribution in [0.5, 0.6) is 0 Å². The van der Waals surface area contributed by atoms with Gasteiger partial charge in [0.15, 0.2) is 0 Å². The molecule has 1 unspecified atom stereocenters. The van der Waals surface area contributed by atoms with Gasteiger partial charge < -0.3 is 10.4 Å². The topological polar surface area (TPSA) is 32.3 Å². The summed E-state index contributed by atoms with van der Waals surface area (Å²) in [6, 6.07) is 6.08. The summed E-state index contributed by atoms with van der Waals surface area (Å²) in [6.07, 6.45) is 0.759. The van der Waals surface area contributed by atoms with Gasteiger partial charge in [0.1, 0.15) is 0 Å². The summed E-state index contributed by atoms with van der Waals surface area (Å²) in [5, 5.41) is 13.4. The summed E-state index contributed by atoms with van der Waals surface area (Å²) in [5.74, 6) is 0. The number of rotatable bonds is 5. The standard InChI is InChI=1S/C14H21BrClNO/c1-14(2,3)13(6-7-18)17-9-10-4-5-11(16)8-12(10)15/h4-5,8,13,17-18H,6-7,9H2,1-3H3. The van der Waals surface area contributed by atoms with Crippen LogP contribution in [0, 0.1) is 5.41 Å². The van der Waals surface area contributed by atoms with E-state index in [0.717, 1.165) is 22.5 Å². The highest BCUT2D eigenvalue weighted by atomic mass is 79.9. The summed E-state index contributed by atoms with van der Waals surface area (Å²) in [4.78, 5) is 0. The van der Waals surface area contributed by atoms with Crippen molar-refractivity contribution < 1.29 is 5.11 Å². The third kappa shape index (κ3) is 4.88. The number of benzene rings is 1. The number of aliphatic hydroxyl groups is 1. The lowest BCUT2D eigenvalue weighted by Gasteiger charge is -2.31. The molecule has 0 spiro atoms. The summed E-state index contributed by atoms with van der Waals surface area (Å²) in [7, 11) is 0. The number of halogens is 2. The minimum absolute atomic E-state index is 0.127. The van der Waals surface area contributed by atoms with Crippen molar-refractivity contribution in [1.82, 2.24) is 5.32 Å². The molecule has 0 bridgehead atoms. The molecule has 1 aromatic rings. The van der Waals surface area contributed by atoms with Crippen LogP contribution in [-0.4, -0.2) is 17.8 Å². The van der Waals surface area contributed by atoms with Crippen molar-refractivity contribution in [3.8, 4) is 0 Å². The maximum atomic E-state index is 9.12. The van der Waals surface area contributed by atoms with Gasteiger partial charge in [0, 0.05) is 28.7 Å². The van der Waals surface area contributed by atoms with Gasteiger partial charge in [-0.3, -0.25) is 0 Å². The Morgan fingerprint density at radius 3 is 2.56 bits per heavy atom. The maximum absolute atomic E-state index is 9.12. The van der Waals surface area contributed by atoms with E-state index in [1.54, 1.807) is 0 Å². The minimum atomic E-state index is 0.127. The van der Waals surface area contributed by atoms with Crippen molar-refractivity contribution >= 4 is 27.5 Å². The van der Waals surface area contributed by atoms with E-state index in [9.17, 15) is 0 Å². The molecule has 0 amide bonds. The lowest BCUT2D eigenvalue weighted by atomic mass is 9.85. The van der Waals surface area contributed by atoms with E-state index in [0.29, 0.717) is 0 Å². The molecule has 4 heteroatoms. The second-order valence-electron chi connectivity index (χ2n) is 5.55. The summed E-state index contributed by atoms with van der Waals surface area (Å²) in [6.45, 7) is 7.50. The lowest BCUT2D eigenvalue weighted by Crippen LogP contribution is -2.40. The normalized spacial score (nSPS) is 13.7. The van der Waals surface area contributed by atoms with Gasteiger partial charge in [-0.1, -0.05) is 54.4 Å². The zero-order valence-corrected chi connectivity index (χ0v) is 13.5. The molecule has 0 saturated heterocycles. The Morgan fingerprint density at radius 1 is 1.39 bits per heavy atom. The lowest BCUT2D eigenvalue weighted by molar-refractivity contribution is 0.196. The molecule has 0 saturated carbocycles. The van der Waals surface area contributed by atoms with Gasteiger partial charge in [0.2, 0.25) is 0 Å². The van der Waals surface area contributed by atoms with Crippen molar-refractivity contribution in [1.29, 1.82) is 0 Å². The zero-order chi connectivity index (χ0) is 13.8. The molecule has 1 aromatic carbocycles. The predicted octanol–water partition coefficient (Wildman–Crippen LogP) is 3.99. The molecular formula is C14H21BrClNO. The first-order chi connectivity index (χ1) is 8.34. The molecule has 0 aliphatic heterocycles. The summed E-state index contributed by atoms with van der Waals surface area (Å²) < 4.78 is 1.01. The van der Waals surface area contributed by atoms with Crippen LogP contribution >= 0.6 is 27.5 Å². The van der Waals surface area contributed by atoms with Gasteiger partial charge in [-0.25, -0.2) is 0 Å². The number of nitrogens with one attached hydrogen (secondary N) is 1. The molecule has 0 fully saturated rings. The molecule has 0 aromatic heterocycles. The number of aliphatic hydroxyl groups excluding tert-OH is 1. The first-order valence-corrected chi connectivity index (χ1v) is 7.30. The largest absolute Gasteiger partial charge is 0.396 e. The fourth-order valence-corrected chi connectivity index (χ4v) is 2.69. The molecule has 1 atom stereocenters. The van der Waals surface area contributed by atoms with Crippen LogP contribution in [0.3, 0.4) is 0 Å². The molecule has 0 aliphatic carbocycles. The van der Waals surface area contributed by atoms with E-state index in [-0.39, 0.29) is 18.1 Å². The molecule has 102 valence electrons. The van der Waals surface area contributed by atoms with Crippen LogP contribution < -0.4 is 5.32 Å². The first-order valence-electron chi connectivity index (χ1n) is 6.12. The second-order valence-corrected chi connectivity index (χ2v) is 6.84. The highest BCUT2D eigenvalue weighted by molar-refractivity contribution is 9.10. The van der Waals surface area contributed by atoms with Gasteiger partial charge in [0.05, 0.1) is 0 Å². The van der Waals surface area contributed by atoms with E-state index in [2.05, 4.69) is 42.0 Å². The van der Waals surface area contributed by atoms with Crippen LogP contribution in [0.1, 0.15) is 32.8 Å². The van der Waals surface area contributed by atoms with Crippen molar-refractivity contribution in [3.05, 3.63) is 33.3 Å². The van der Waals surface area contributed by atoms with E-state index in [4.69, 9.17) is 16.7 Å². The summed E-state index contributed by atoms with van der Waals surface area (Å²) >= 11 is 9.43. The Labute approximate surface area is 123 Å². The Hall–Kier alpha value is -0.0900. The Kier molecular flexibility index (Phi) is 6.12. The zero-order valence-electron chi connectivity index (χ0n) is 11.1. The molecule has 1 rings (SSSR count). The third-order valence-electron chi connectivity index (χ3n) is 3.02. The van der Waals surface area contributed by atoms with Crippen molar-refractivity contribution in [2.75, 3.05) is 6.61 Å². The average Bonchev–Trinajstić information content (AvgIpc) is 2.24. The van der Waals surface area contributed by atoms with Crippen molar-refractivity contribution in [2.24, 2.45) is 5.41 Å². The van der Waals surface area contributed by atoms with Gasteiger partial charge in [-0.2, -0.15) is 0 Å². The van der Waals surface area contributed by atoms with Crippen molar-refractivity contribution in [2.45, 2.75) is 39.8 Å². The molecule has 0 radical (unpaired) electrons. The molecule has 18 heavy (non-hydrogen) atoms. The predicted molar refractivity (Wildman–Crippen MR) is 80.9 cm³/mol. The van der Waals surface area contributed by atoms with Gasteiger partial charge in [-0.05, 0) is 29.5 Å². The van der Waals surface area contributed by atoms with Gasteiger partial charge in [-0.15, -0.1) is 0 Å².